The highest BCUT2D eigenvalue weighted by molar-refractivity contribution is 5.84. The molecule has 0 aliphatic rings. The van der Waals surface area contributed by atoms with Gasteiger partial charge in [-0.3, -0.25) is 0 Å². The van der Waals surface area contributed by atoms with Crippen LogP contribution < -0.4 is 5.32 Å². The van der Waals surface area contributed by atoms with Gasteiger partial charge in [0.1, 0.15) is 5.60 Å². The predicted octanol–water partition coefficient (Wildman–Crippen LogP) is 4.64. The lowest BCUT2D eigenvalue weighted by Crippen LogP contribution is -2.38. The lowest BCUT2D eigenvalue weighted by Gasteiger charge is -2.21. The summed E-state index contributed by atoms with van der Waals surface area (Å²) >= 11 is 0. The Balaban J connectivity index is 2.13. The topological polar surface area (TPSA) is 54.1 Å². The number of aromatic nitrogens is 1. The molecule has 2 aromatic rings. The number of carbonyl (C=O) groups is 1. The summed E-state index contributed by atoms with van der Waals surface area (Å²) in [5.74, 6) is 0. The van der Waals surface area contributed by atoms with Crippen LogP contribution in [0.15, 0.2) is 24.4 Å². The number of amides is 1. The minimum atomic E-state index is -4.39. The molecule has 0 aliphatic carbocycles. The Kier molecular flexibility index (Phi) is 4.82. The summed E-state index contributed by atoms with van der Waals surface area (Å²) in [7, 11) is 0. The molecule has 7 heteroatoms. The van der Waals surface area contributed by atoms with Gasteiger partial charge in [-0.1, -0.05) is 0 Å². The summed E-state index contributed by atoms with van der Waals surface area (Å²) in [4.78, 5) is 14.7. The van der Waals surface area contributed by atoms with Crippen LogP contribution in [0.3, 0.4) is 0 Å². The summed E-state index contributed by atoms with van der Waals surface area (Å²) in [6.07, 6.45) is -2.88. The molecule has 1 atom stereocenters. The third-order valence-electron chi connectivity index (χ3n) is 3.38. The van der Waals surface area contributed by atoms with Crippen LogP contribution in [0.2, 0.25) is 0 Å². The van der Waals surface area contributed by atoms with E-state index < -0.39 is 23.4 Å². The highest BCUT2D eigenvalue weighted by Gasteiger charge is 2.30. The number of H-pyrrole nitrogens is 1. The summed E-state index contributed by atoms with van der Waals surface area (Å²) in [5, 5.41) is 3.19. The van der Waals surface area contributed by atoms with Gasteiger partial charge in [-0.2, -0.15) is 13.2 Å². The maximum Gasteiger partial charge on any atom is 0.416 e. The zero-order chi connectivity index (χ0) is 18.1. The van der Waals surface area contributed by atoms with Crippen molar-refractivity contribution in [3.05, 3.63) is 35.5 Å². The number of aromatic amines is 1. The van der Waals surface area contributed by atoms with Gasteiger partial charge < -0.3 is 15.0 Å². The number of ether oxygens (including phenoxy) is 1. The highest BCUT2D eigenvalue weighted by atomic mass is 19.4. The van der Waals surface area contributed by atoms with E-state index in [1.54, 1.807) is 33.9 Å². The van der Waals surface area contributed by atoms with E-state index in [-0.39, 0.29) is 6.04 Å². The fourth-order valence-corrected chi connectivity index (χ4v) is 2.41. The Labute approximate surface area is 138 Å². The maximum atomic E-state index is 12.9. The van der Waals surface area contributed by atoms with Crippen molar-refractivity contribution in [2.75, 3.05) is 0 Å². The Morgan fingerprint density at radius 1 is 1.29 bits per heavy atom. The average Bonchev–Trinajstić information content (AvgIpc) is 2.77. The number of benzene rings is 1. The van der Waals surface area contributed by atoms with E-state index in [2.05, 4.69) is 10.3 Å². The summed E-state index contributed by atoms with van der Waals surface area (Å²) < 4.78 is 43.8. The second-order valence-corrected chi connectivity index (χ2v) is 6.82. The van der Waals surface area contributed by atoms with Crippen LogP contribution in [-0.2, 0) is 17.3 Å². The number of fused-ring (bicyclic) bond motifs is 1. The van der Waals surface area contributed by atoms with Crippen LogP contribution in [0.5, 0.6) is 0 Å². The molecule has 0 unspecified atom stereocenters. The Morgan fingerprint density at radius 3 is 2.54 bits per heavy atom. The average molecular weight is 342 g/mol. The largest absolute Gasteiger partial charge is 0.444 e. The number of hydrogen-bond acceptors (Lipinski definition) is 2. The van der Waals surface area contributed by atoms with Gasteiger partial charge >= 0.3 is 12.3 Å². The SMILES string of the molecule is C[C@H](Cc1c[nH]c2ccc(C(F)(F)F)cc12)NC(=O)OC(C)(C)C. The third kappa shape index (κ3) is 4.66. The van der Waals surface area contributed by atoms with Crippen molar-refractivity contribution in [2.24, 2.45) is 0 Å². The van der Waals surface area contributed by atoms with E-state index in [9.17, 15) is 18.0 Å². The molecular formula is C17H21F3N2O2. The second-order valence-electron chi connectivity index (χ2n) is 6.82. The molecule has 0 radical (unpaired) electrons. The van der Waals surface area contributed by atoms with Gasteiger partial charge in [0.05, 0.1) is 5.56 Å². The van der Waals surface area contributed by atoms with Crippen LogP contribution in [0.25, 0.3) is 10.9 Å². The zero-order valence-electron chi connectivity index (χ0n) is 14.0. The molecule has 0 saturated heterocycles. The van der Waals surface area contributed by atoms with Gasteiger partial charge in [-0.25, -0.2) is 4.79 Å². The molecule has 0 saturated carbocycles. The van der Waals surface area contributed by atoms with Gasteiger partial charge in [0.15, 0.2) is 0 Å². The Morgan fingerprint density at radius 2 is 1.96 bits per heavy atom. The monoisotopic (exact) mass is 342 g/mol. The molecular weight excluding hydrogens is 321 g/mol. The number of nitrogens with one attached hydrogen (secondary N) is 2. The molecule has 1 amide bonds. The molecule has 24 heavy (non-hydrogen) atoms. The van der Waals surface area contributed by atoms with Gasteiger partial charge in [-0.15, -0.1) is 0 Å². The van der Waals surface area contributed by atoms with Crippen LogP contribution >= 0.6 is 0 Å². The van der Waals surface area contributed by atoms with Crippen molar-refractivity contribution in [3.63, 3.8) is 0 Å². The normalized spacial score (nSPS) is 13.8. The first-order valence-corrected chi connectivity index (χ1v) is 7.62. The molecule has 2 rings (SSSR count). The van der Waals surface area contributed by atoms with E-state index >= 15 is 0 Å². The standard InChI is InChI=1S/C17H21F3N2O2/c1-10(22-15(23)24-16(2,3)4)7-11-9-21-14-6-5-12(8-13(11)14)17(18,19)20/h5-6,8-10,21H,7H2,1-4H3,(H,22,23)/t10-/m1/s1. The van der Waals surface area contributed by atoms with Crippen molar-refractivity contribution in [2.45, 2.75) is 51.9 Å². The van der Waals surface area contributed by atoms with Crippen molar-refractivity contribution in [1.82, 2.24) is 10.3 Å². The van der Waals surface area contributed by atoms with Crippen LogP contribution in [0, 0.1) is 0 Å². The van der Waals surface area contributed by atoms with E-state index in [1.165, 1.54) is 6.07 Å². The first-order valence-electron chi connectivity index (χ1n) is 7.62. The summed E-state index contributed by atoms with van der Waals surface area (Å²) in [6, 6.07) is 3.30. The number of alkyl carbamates (subject to hydrolysis) is 1. The molecule has 0 spiro atoms. The molecule has 2 N–H and O–H groups in total. The number of alkyl halides is 3. The van der Waals surface area contributed by atoms with E-state index in [0.29, 0.717) is 22.9 Å². The molecule has 132 valence electrons. The van der Waals surface area contributed by atoms with E-state index in [4.69, 9.17) is 4.74 Å². The Hall–Kier alpha value is -2.18. The van der Waals surface area contributed by atoms with Gasteiger partial charge in [0, 0.05) is 23.1 Å². The first kappa shape index (κ1) is 18.2. The number of halogens is 3. The maximum absolute atomic E-state index is 12.9. The van der Waals surface area contributed by atoms with Crippen molar-refractivity contribution in [3.8, 4) is 0 Å². The molecule has 1 aromatic heterocycles. The first-order chi connectivity index (χ1) is 11.0. The van der Waals surface area contributed by atoms with Crippen molar-refractivity contribution < 1.29 is 22.7 Å². The van der Waals surface area contributed by atoms with Crippen LogP contribution in [0.4, 0.5) is 18.0 Å². The van der Waals surface area contributed by atoms with Gasteiger partial charge in [0.2, 0.25) is 0 Å². The molecule has 0 fully saturated rings. The van der Waals surface area contributed by atoms with Gasteiger partial charge in [0.25, 0.3) is 0 Å². The number of hydrogen-bond donors (Lipinski definition) is 2. The van der Waals surface area contributed by atoms with E-state index in [0.717, 1.165) is 12.1 Å². The minimum absolute atomic E-state index is 0.284. The predicted molar refractivity (Wildman–Crippen MR) is 85.8 cm³/mol. The smallest absolute Gasteiger partial charge is 0.416 e. The Bertz CT molecular complexity index is 729. The minimum Gasteiger partial charge on any atom is -0.444 e. The fourth-order valence-electron chi connectivity index (χ4n) is 2.41. The summed E-state index contributed by atoms with van der Waals surface area (Å²) in [6.45, 7) is 7.05. The van der Waals surface area contributed by atoms with Crippen LogP contribution in [0.1, 0.15) is 38.8 Å². The molecule has 1 aromatic carbocycles. The fraction of sp³-hybridized carbons (Fsp3) is 0.471. The summed E-state index contributed by atoms with van der Waals surface area (Å²) in [5.41, 5.74) is 0.0392. The molecule has 4 nitrogen and oxygen atoms in total. The third-order valence-corrected chi connectivity index (χ3v) is 3.38. The molecule has 0 bridgehead atoms. The molecule has 0 aliphatic heterocycles. The van der Waals surface area contributed by atoms with E-state index in [1.807, 2.05) is 0 Å². The number of rotatable bonds is 3. The lowest BCUT2D eigenvalue weighted by molar-refractivity contribution is -0.137. The van der Waals surface area contributed by atoms with Gasteiger partial charge in [-0.05, 0) is 57.9 Å². The lowest BCUT2D eigenvalue weighted by atomic mass is 10.0. The van der Waals surface area contributed by atoms with Crippen LogP contribution in [-0.4, -0.2) is 22.7 Å². The van der Waals surface area contributed by atoms with Crippen molar-refractivity contribution >= 4 is 17.0 Å². The molecule has 1 heterocycles. The number of carbonyl (C=O) groups excluding carboxylic acids is 1. The quantitative estimate of drug-likeness (QED) is 0.853. The highest BCUT2D eigenvalue weighted by Crippen LogP contribution is 2.32. The second kappa shape index (κ2) is 6.37. The zero-order valence-corrected chi connectivity index (χ0v) is 14.0. The van der Waals surface area contributed by atoms with Crippen molar-refractivity contribution in [1.29, 1.82) is 0 Å².